The molecule has 0 bridgehead atoms. The normalized spacial score (nSPS) is 10.0. The molecule has 0 aliphatic rings. The average Bonchev–Trinajstić information content (AvgIpc) is 2.95. The second-order valence-electron chi connectivity index (χ2n) is 4.25. The van der Waals surface area contributed by atoms with Crippen LogP contribution in [-0.2, 0) is 25.2 Å². The van der Waals surface area contributed by atoms with Crippen LogP contribution in [0.25, 0.3) is 10.9 Å². The summed E-state index contributed by atoms with van der Waals surface area (Å²) in [4.78, 5) is 13.9. The number of hydrogen-bond donors (Lipinski definition) is 1. The summed E-state index contributed by atoms with van der Waals surface area (Å²) < 4.78 is 5.80. The number of ether oxygens (including phenoxy) is 1. The number of rotatable bonds is 4. The summed E-state index contributed by atoms with van der Waals surface area (Å²) in [5, 5.41) is 0.834. The molecule has 3 aromatic rings. The van der Waals surface area contributed by atoms with Gasteiger partial charge in [-0.1, -0.05) is 41.9 Å². The number of aromatic amines is 1. The standard InChI is InChI=1S/C16H12NO2.V/c18-10-13-6-7-15(16-14(13)8-9-17-16)19-11-12-4-2-1-3-5-12;/h1-8,10,17H,11H2;/q-1;. The van der Waals surface area contributed by atoms with Crippen LogP contribution in [-0.4, -0.2) is 11.3 Å². The van der Waals surface area contributed by atoms with Gasteiger partial charge in [-0.2, -0.15) is 6.07 Å². The van der Waals surface area contributed by atoms with E-state index in [2.05, 4.69) is 11.2 Å². The first-order valence-electron chi connectivity index (χ1n) is 6.02. The molecular weight excluding hydrogens is 289 g/mol. The van der Waals surface area contributed by atoms with E-state index in [-0.39, 0.29) is 18.6 Å². The predicted octanol–water partition coefficient (Wildman–Crippen LogP) is 3.36. The minimum atomic E-state index is 0. The molecule has 0 aliphatic carbocycles. The number of carbonyl (C=O) groups is 1. The second kappa shape index (κ2) is 6.46. The molecule has 4 heteroatoms. The van der Waals surface area contributed by atoms with E-state index in [1.165, 1.54) is 0 Å². The topological polar surface area (TPSA) is 42.1 Å². The number of aromatic nitrogens is 1. The third-order valence-corrected chi connectivity index (χ3v) is 3.02. The summed E-state index contributed by atoms with van der Waals surface area (Å²) in [7, 11) is 0. The fourth-order valence-electron chi connectivity index (χ4n) is 2.04. The van der Waals surface area contributed by atoms with Crippen molar-refractivity contribution in [3.63, 3.8) is 0 Å². The molecule has 3 nitrogen and oxygen atoms in total. The molecule has 0 saturated carbocycles. The quantitative estimate of drug-likeness (QED) is 0.593. The number of aldehydes is 1. The summed E-state index contributed by atoms with van der Waals surface area (Å²) in [6, 6.07) is 15.3. The Morgan fingerprint density at radius 3 is 2.70 bits per heavy atom. The van der Waals surface area contributed by atoms with Gasteiger partial charge in [-0.25, -0.2) is 0 Å². The predicted molar refractivity (Wildman–Crippen MR) is 73.3 cm³/mol. The van der Waals surface area contributed by atoms with E-state index in [4.69, 9.17) is 4.74 Å². The first kappa shape index (κ1) is 14.4. The van der Waals surface area contributed by atoms with Crippen LogP contribution in [0.5, 0.6) is 5.75 Å². The van der Waals surface area contributed by atoms with Gasteiger partial charge in [0.15, 0.2) is 0 Å². The van der Waals surface area contributed by atoms with Gasteiger partial charge < -0.3 is 9.72 Å². The van der Waals surface area contributed by atoms with Crippen molar-refractivity contribution in [2.75, 3.05) is 0 Å². The maximum Gasteiger partial charge on any atom is 0.137 e. The van der Waals surface area contributed by atoms with E-state index in [1.54, 1.807) is 18.2 Å². The van der Waals surface area contributed by atoms with Crippen LogP contribution in [0.1, 0.15) is 15.9 Å². The minimum Gasteiger partial charge on any atom is -0.501 e. The number of H-pyrrole nitrogens is 1. The molecule has 20 heavy (non-hydrogen) atoms. The molecule has 0 atom stereocenters. The Bertz CT molecular complexity index is 707. The van der Waals surface area contributed by atoms with Crippen molar-refractivity contribution in [1.82, 2.24) is 4.98 Å². The van der Waals surface area contributed by atoms with Crippen LogP contribution in [0.4, 0.5) is 0 Å². The number of fused-ring (bicyclic) bond motifs is 1. The van der Waals surface area contributed by atoms with Crippen molar-refractivity contribution < 1.29 is 28.1 Å². The number of hydrogen-bond acceptors (Lipinski definition) is 2. The van der Waals surface area contributed by atoms with Crippen LogP contribution >= 0.6 is 0 Å². The van der Waals surface area contributed by atoms with Crippen molar-refractivity contribution in [1.29, 1.82) is 0 Å². The Hall–Kier alpha value is -1.97. The molecule has 2 aromatic carbocycles. The van der Waals surface area contributed by atoms with E-state index in [1.807, 2.05) is 30.3 Å². The maximum absolute atomic E-state index is 10.9. The van der Waals surface area contributed by atoms with Crippen LogP contribution < -0.4 is 4.74 Å². The van der Waals surface area contributed by atoms with Crippen LogP contribution in [0.2, 0.25) is 0 Å². The SMILES string of the molecule is O=Cc1ccc(OCc2ccccc2)c2[nH][c-]cc12.[V]. The van der Waals surface area contributed by atoms with Crippen LogP contribution in [0, 0.1) is 6.20 Å². The zero-order valence-corrected chi connectivity index (χ0v) is 12.1. The van der Waals surface area contributed by atoms with Crippen molar-refractivity contribution in [3.05, 3.63) is 65.9 Å². The van der Waals surface area contributed by atoms with Gasteiger partial charge in [0.05, 0.1) is 5.75 Å². The molecular formula is C16H12NO2V-. The first-order valence-corrected chi connectivity index (χ1v) is 6.02. The van der Waals surface area contributed by atoms with Crippen molar-refractivity contribution >= 4 is 17.2 Å². The summed E-state index contributed by atoms with van der Waals surface area (Å²) in [6.07, 6.45) is 3.73. The molecule has 1 aromatic heterocycles. The molecule has 3 rings (SSSR count). The second-order valence-corrected chi connectivity index (χ2v) is 4.25. The molecule has 1 radical (unpaired) electrons. The molecule has 0 fully saturated rings. The molecule has 0 amide bonds. The smallest absolute Gasteiger partial charge is 0.137 e. The zero-order chi connectivity index (χ0) is 13.1. The van der Waals surface area contributed by atoms with Gasteiger partial charge in [-0.3, -0.25) is 4.79 Å². The third-order valence-electron chi connectivity index (χ3n) is 3.02. The molecule has 1 heterocycles. The van der Waals surface area contributed by atoms with Crippen LogP contribution in [0.3, 0.4) is 0 Å². The fraction of sp³-hybridized carbons (Fsp3) is 0.0625. The fourth-order valence-corrected chi connectivity index (χ4v) is 2.04. The van der Waals surface area contributed by atoms with E-state index in [0.29, 0.717) is 12.2 Å². The Labute approximate surface area is 128 Å². The maximum atomic E-state index is 10.9. The largest absolute Gasteiger partial charge is 0.501 e. The van der Waals surface area contributed by atoms with Gasteiger partial charge in [0.25, 0.3) is 0 Å². The van der Waals surface area contributed by atoms with Gasteiger partial charge in [0, 0.05) is 18.6 Å². The zero-order valence-electron chi connectivity index (χ0n) is 10.7. The summed E-state index contributed by atoms with van der Waals surface area (Å²) in [5.41, 5.74) is 2.55. The monoisotopic (exact) mass is 301 g/mol. The van der Waals surface area contributed by atoms with Gasteiger partial charge in [-0.15, -0.1) is 11.6 Å². The van der Waals surface area contributed by atoms with Gasteiger partial charge in [0.2, 0.25) is 0 Å². The first-order chi connectivity index (χ1) is 9.38. The Kier molecular flexibility index (Phi) is 4.67. The summed E-state index contributed by atoms with van der Waals surface area (Å²) in [5.74, 6) is 0.728. The van der Waals surface area contributed by atoms with Crippen LogP contribution in [0.15, 0.2) is 48.5 Å². The molecule has 1 N–H and O–H groups in total. The Balaban J connectivity index is 0.00000147. The number of nitrogens with one attached hydrogen (secondary N) is 1. The summed E-state index contributed by atoms with van der Waals surface area (Å²) >= 11 is 0. The van der Waals surface area contributed by atoms with E-state index in [0.717, 1.165) is 28.5 Å². The Morgan fingerprint density at radius 2 is 1.95 bits per heavy atom. The molecule has 99 valence electrons. The van der Waals surface area contributed by atoms with E-state index >= 15 is 0 Å². The minimum absolute atomic E-state index is 0. The van der Waals surface area contributed by atoms with Crippen molar-refractivity contribution in [3.8, 4) is 5.75 Å². The van der Waals surface area contributed by atoms with Gasteiger partial charge in [0.1, 0.15) is 12.9 Å². The number of carbonyl (C=O) groups excluding carboxylic acids is 1. The van der Waals surface area contributed by atoms with E-state index in [9.17, 15) is 4.79 Å². The van der Waals surface area contributed by atoms with Crippen molar-refractivity contribution in [2.45, 2.75) is 6.61 Å². The average molecular weight is 301 g/mol. The number of benzene rings is 2. The Morgan fingerprint density at radius 1 is 1.15 bits per heavy atom. The van der Waals surface area contributed by atoms with Gasteiger partial charge in [-0.05, 0) is 17.2 Å². The van der Waals surface area contributed by atoms with Gasteiger partial charge >= 0.3 is 0 Å². The molecule has 0 aliphatic heterocycles. The van der Waals surface area contributed by atoms with Crippen molar-refractivity contribution in [2.24, 2.45) is 0 Å². The molecule has 0 spiro atoms. The molecule has 0 unspecified atom stereocenters. The third kappa shape index (κ3) is 2.79. The molecule has 0 saturated heterocycles. The van der Waals surface area contributed by atoms with E-state index < -0.39 is 0 Å². The summed E-state index contributed by atoms with van der Waals surface area (Å²) in [6.45, 7) is 0.495.